The molecule has 0 aliphatic rings. The lowest BCUT2D eigenvalue weighted by Gasteiger charge is -2.18. The van der Waals surface area contributed by atoms with Crippen LogP contribution < -0.4 is 16.2 Å². The molecule has 0 saturated heterocycles. The third-order valence-corrected chi connectivity index (χ3v) is 2.77. The normalized spacial score (nSPS) is 12.6. The first-order valence-corrected chi connectivity index (χ1v) is 5.71. The fourth-order valence-corrected chi connectivity index (χ4v) is 2.03. The van der Waals surface area contributed by atoms with Crippen LogP contribution in [-0.2, 0) is 0 Å². The largest absolute Gasteiger partial charge is 0.496 e. The molecule has 0 heterocycles. The molecule has 3 nitrogen and oxygen atoms in total. The summed E-state index contributed by atoms with van der Waals surface area (Å²) in [6.45, 7) is 4.80. The van der Waals surface area contributed by atoms with Crippen molar-refractivity contribution >= 4 is 0 Å². The van der Waals surface area contributed by atoms with E-state index in [2.05, 4.69) is 19.1 Å². The van der Waals surface area contributed by atoms with Gasteiger partial charge in [-0.05, 0) is 38.8 Å². The van der Waals surface area contributed by atoms with Crippen LogP contribution in [0, 0.1) is 13.8 Å². The van der Waals surface area contributed by atoms with Crippen LogP contribution in [0.4, 0.5) is 0 Å². The van der Waals surface area contributed by atoms with E-state index < -0.39 is 0 Å². The highest BCUT2D eigenvalue weighted by molar-refractivity contribution is 5.45. The molecule has 0 fully saturated rings. The number of hydrogen-bond acceptors (Lipinski definition) is 3. The van der Waals surface area contributed by atoms with E-state index >= 15 is 0 Å². The smallest absolute Gasteiger partial charge is 0.126 e. The van der Waals surface area contributed by atoms with Crippen LogP contribution >= 0.6 is 0 Å². The number of methoxy groups -OCH3 is 1. The van der Waals surface area contributed by atoms with E-state index in [0.29, 0.717) is 6.54 Å². The summed E-state index contributed by atoms with van der Waals surface area (Å²) in [6.07, 6.45) is 1.84. The Kier molecular flexibility index (Phi) is 4.77. The van der Waals surface area contributed by atoms with Crippen molar-refractivity contribution in [2.45, 2.75) is 32.7 Å². The molecule has 0 saturated carbocycles. The van der Waals surface area contributed by atoms with Crippen LogP contribution in [0.1, 0.15) is 35.6 Å². The minimum absolute atomic E-state index is 0.0112. The quantitative estimate of drug-likeness (QED) is 0.801. The van der Waals surface area contributed by atoms with Crippen LogP contribution in [-0.4, -0.2) is 13.7 Å². The second kappa shape index (κ2) is 5.87. The molecule has 0 radical (unpaired) electrons. The van der Waals surface area contributed by atoms with Crippen LogP contribution in [0.15, 0.2) is 12.1 Å². The molecule has 0 aromatic heterocycles. The summed E-state index contributed by atoms with van der Waals surface area (Å²) in [4.78, 5) is 0. The van der Waals surface area contributed by atoms with Crippen molar-refractivity contribution in [3.05, 3.63) is 28.8 Å². The molecule has 4 N–H and O–H groups in total. The zero-order valence-electron chi connectivity index (χ0n) is 10.4. The Bertz CT molecular complexity index is 350. The van der Waals surface area contributed by atoms with Crippen LogP contribution in [0.2, 0.25) is 0 Å². The summed E-state index contributed by atoms with van der Waals surface area (Å²) in [5, 5.41) is 0. The zero-order chi connectivity index (χ0) is 12.1. The van der Waals surface area contributed by atoms with Gasteiger partial charge in [-0.25, -0.2) is 0 Å². The number of rotatable bonds is 5. The highest BCUT2D eigenvalue weighted by atomic mass is 16.5. The number of aryl methyl sites for hydroxylation is 2. The van der Waals surface area contributed by atoms with E-state index in [1.165, 1.54) is 5.56 Å². The van der Waals surface area contributed by atoms with Gasteiger partial charge >= 0.3 is 0 Å². The van der Waals surface area contributed by atoms with Crippen LogP contribution in [0.3, 0.4) is 0 Å². The standard InChI is InChI=1S/C13H22N2O/c1-9-7-10(2)13(16-3)11(8-9)12(15)5-4-6-14/h7-8,12H,4-6,14-15H2,1-3H3. The summed E-state index contributed by atoms with van der Waals surface area (Å²) in [7, 11) is 1.69. The Morgan fingerprint density at radius 3 is 2.56 bits per heavy atom. The summed E-state index contributed by atoms with van der Waals surface area (Å²) >= 11 is 0. The van der Waals surface area contributed by atoms with E-state index in [-0.39, 0.29) is 6.04 Å². The molecule has 0 aliphatic carbocycles. The third kappa shape index (κ3) is 2.97. The maximum atomic E-state index is 6.16. The molecule has 90 valence electrons. The lowest BCUT2D eigenvalue weighted by Crippen LogP contribution is -2.14. The van der Waals surface area contributed by atoms with Gasteiger partial charge < -0.3 is 16.2 Å². The van der Waals surface area contributed by atoms with Crippen molar-refractivity contribution in [1.29, 1.82) is 0 Å². The number of benzene rings is 1. The molecule has 1 aromatic rings. The summed E-state index contributed by atoms with van der Waals surface area (Å²) < 4.78 is 5.42. The van der Waals surface area contributed by atoms with Crippen molar-refractivity contribution < 1.29 is 4.74 Å². The first kappa shape index (κ1) is 13.0. The second-order valence-electron chi connectivity index (χ2n) is 4.24. The molecular weight excluding hydrogens is 200 g/mol. The monoisotopic (exact) mass is 222 g/mol. The fourth-order valence-electron chi connectivity index (χ4n) is 2.03. The van der Waals surface area contributed by atoms with Gasteiger partial charge in [0.25, 0.3) is 0 Å². The first-order chi connectivity index (χ1) is 7.60. The Morgan fingerprint density at radius 1 is 1.31 bits per heavy atom. The molecule has 1 aromatic carbocycles. The lowest BCUT2D eigenvalue weighted by atomic mass is 9.97. The molecular formula is C13H22N2O. The van der Waals surface area contributed by atoms with E-state index in [1.54, 1.807) is 7.11 Å². The van der Waals surface area contributed by atoms with Crippen LogP contribution in [0.25, 0.3) is 0 Å². The van der Waals surface area contributed by atoms with Gasteiger partial charge in [0, 0.05) is 11.6 Å². The fraction of sp³-hybridized carbons (Fsp3) is 0.538. The number of hydrogen-bond donors (Lipinski definition) is 2. The summed E-state index contributed by atoms with van der Waals surface area (Å²) in [6, 6.07) is 4.22. The summed E-state index contributed by atoms with van der Waals surface area (Å²) in [5.41, 5.74) is 15.1. The van der Waals surface area contributed by atoms with Crippen molar-refractivity contribution in [2.75, 3.05) is 13.7 Å². The average Bonchev–Trinajstić information content (AvgIpc) is 2.24. The topological polar surface area (TPSA) is 61.3 Å². The third-order valence-electron chi connectivity index (χ3n) is 2.77. The molecule has 1 rings (SSSR count). The lowest BCUT2D eigenvalue weighted by molar-refractivity contribution is 0.400. The predicted molar refractivity (Wildman–Crippen MR) is 67.7 cm³/mol. The molecule has 0 aliphatic heterocycles. The highest BCUT2D eigenvalue weighted by Crippen LogP contribution is 2.30. The summed E-state index contributed by atoms with van der Waals surface area (Å²) in [5.74, 6) is 0.912. The van der Waals surface area contributed by atoms with Gasteiger partial charge in [0.15, 0.2) is 0 Å². The van der Waals surface area contributed by atoms with Gasteiger partial charge in [0.2, 0.25) is 0 Å². The van der Waals surface area contributed by atoms with Crippen molar-refractivity contribution in [3.8, 4) is 5.75 Å². The molecule has 16 heavy (non-hydrogen) atoms. The molecule has 3 heteroatoms. The molecule has 1 atom stereocenters. The van der Waals surface area contributed by atoms with Crippen molar-refractivity contribution in [3.63, 3.8) is 0 Å². The van der Waals surface area contributed by atoms with Gasteiger partial charge in [-0.15, -0.1) is 0 Å². The number of nitrogens with two attached hydrogens (primary N) is 2. The van der Waals surface area contributed by atoms with Gasteiger partial charge in [0.05, 0.1) is 7.11 Å². The SMILES string of the molecule is COc1c(C)cc(C)cc1C(N)CCCN. The van der Waals surface area contributed by atoms with E-state index in [0.717, 1.165) is 29.7 Å². The van der Waals surface area contributed by atoms with Crippen molar-refractivity contribution in [2.24, 2.45) is 11.5 Å². The average molecular weight is 222 g/mol. The Hall–Kier alpha value is -1.06. The van der Waals surface area contributed by atoms with Gasteiger partial charge in [-0.1, -0.05) is 17.7 Å². The van der Waals surface area contributed by atoms with E-state index in [1.807, 2.05) is 6.92 Å². The first-order valence-electron chi connectivity index (χ1n) is 5.71. The zero-order valence-corrected chi connectivity index (χ0v) is 10.4. The molecule has 0 spiro atoms. The number of ether oxygens (including phenoxy) is 1. The molecule has 0 amide bonds. The maximum absolute atomic E-state index is 6.16. The van der Waals surface area contributed by atoms with E-state index in [9.17, 15) is 0 Å². The van der Waals surface area contributed by atoms with Gasteiger partial charge in [-0.3, -0.25) is 0 Å². The predicted octanol–water partition coefficient (Wildman–Crippen LogP) is 2.05. The Labute approximate surface area is 97.8 Å². The molecule has 1 unspecified atom stereocenters. The van der Waals surface area contributed by atoms with Crippen LogP contribution in [0.5, 0.6) is 5.75 Å². The van der Waals surface area contributed by atoms with Crippen molar-refractivity contribution in [1.82, 2.24) is 0 Å². The minimum atomic E-state index is 0.0112. The maximum Gasteiger partial charge on any atom is 0.126 e. The Morgan fingerprint density at radius 2 is 2.00 bits per heavy atom. The van der Waals surface area contributed by atoms with Gasteiger partial charge in [0.1, 0.15) is 5.75 Å². The minimum Gasteiger partial charge on any atom is -0.496 e. The highest BCUT2D eigenvalue weighted by Gasteiger charge is 2.14. The molecule has 0 bridgehead atoms. The Balaban J connectivity index is 3.00. The van der Waals surface area contributed by atoms with Gasteiger partial charge in [-0.2, -0.15) is 0 Å². The second-order valence-corrected chi connectivity index (χ2v) is 4.24. The van der Waals surface area contributed by atoms with E-state index in [4.69, 9.17) is 16.2 Å².